The van der Waals surface area contributed by atoms with E-state index in [4.69, 9.17) is 0 Å². The fraction of sp³-hybridized carbons (Fsp3) is 0.750. The fourth-order valence-corrected chi connectivity index (χ4v) is 1.29. The van der Waals surface area contributed by atoms with Crippen LogP contribution >= 0.6 is 0 Å². The van der Waals surface area contributed by atoms with Gasteiger partial charge in [-0.1, -0.05) is 0 Å². The van der Waals surface area contributed by atoms with Gasteiger partial charge >= 0.3 is 5.97 Å². The highest BCUT2D eigenvalue weighted by atomic mass is 16.5. The van der Waals surface area contributed by atoms with Crippen molar-refractivity contribution < 1.29 is 14.3 Å². The summed E-state index contributed by atoms with van der Waals surface area (Å²) in [5.41, 5.74) is 0. The number of carbonyl (C=O) groups excluding carboxylic acids is 2. The quantitative estimate of drug-likeness (QED) is 0.469. The van der Waals surface area contributed by atoms with Crippen LogP contribution in [0.2, 0.25) is 0 Å². The smallest absolute Gasteiger partial charge is 0.313 e. The Bertz CT molecular complexity index is 185. The molecule has 0 aliphatic carbocycles. The van der Waals surface area contributed by atoms with Gasteiger partial charge in [0.2, 0.25) is 0 Å². The summed E-state index contributed by atoms with van der Waals surface area (Å²) in [6.45, 7) is 1.58. The van der Waals surface area contributed by atoms with Gasteiger partial charge in [-0.2, -0.15) is 0 Å². The molecule has 1 unspecified atom stereocenters. The number of nitrogens with one attached hydrogen (secondary N) is 1. The molecule has 0 aromatic carbocycles. The van der Waals surface area contributed by atoms with E-state index >= 15 is 0 Å². The van der Waals surface area contributed by atoms with E-state index in [9.17, 15) is 9.59 Å². The number of hydrogen-bond donors (Lipinski definition) is 1. The molecular formula is C8H13NO3. The molecule has 0 spiro atoms. The Balaban J connectivity index is 2.32. The van der Waals surface area contributed by atoms with Gasteiger partial charge in [-0.15, -0.1) is 0 Å². The Morgan fingerprint density at radius 3 is 2.83 bits per heavy atom. The highest BCUT2D eigenvalue weighted by Gasteiger charge is 2.24. The van der Waals surface area contributed by atoms with Crippen molar-refractivity contribution in [3.05, 3.63) is 0 Å². The van der Waals surface area contributed by atoms with Crippen molar-refractivity contribution in [3.63, 3.8) is 0 Å². The van der Waals surface area contributed by atoms with Crippen LogP contribution in [0.25, 0.3) is 0 Å². The highest BCUT2D eigenvalue weighted by Crippen LogP contribution is 2.10. The van der Waals surface area contributed by atoms with E-state index in [0.29, 0.717) is 6.54 Å². The lowest BCUT2D eigenvalue weighted by atomic mass is 10.0. The maximum absolute atomic E-state index is 11.3. The van der Waals surface area contributed by atoms with Crippen molar-refractivity contribution in [2.75, 3.05) is 20.2 Å². The Hall–Kier alpha value is -0.900. The molecular weight excluding hydrogens is 158 g/mol. The third-order valence-electron chi connectivity index (χ3n) is 2.06. The van der Waals surface area contributed by atoms with E-state index in [0.717, 1.165) is 13.0 Å². The minimum Gasteiger partial charge on any atom is -0.469 e. The SMILES string of the molecule is COC(=O)CC(=O)C1CCNC1. The molecule has 1 aliphatic rings. The molecule has 1 heterocycles. The van der Waals surface area contributed by atoms with Crippen LogP contribution in [-0.2, 0) is 14.3 Å². The molecule has 0 saturated carbocycles. The van der Waals surface area contributed by atoms with Crippen molar-refractivity contribution in [1.29, 1.82) is 0 Å². The average molecular weight is 171 g/mol. The van der Waals surface area contributed by atoms with Gasteiger partial charge in [0.25, 0.3) is 0 Å². The Labute approximate surface area is 71.3 Å². The molecule has 0 amide bonds. The van der Waals surface area contributed by atoms with Crippen molar-refractivity contribution in [2.24, 2.45) is 5.92 Å². The molecule has 4 heteroatoms. The number of rotatable bonds is 3. The van der Waals surface area contributed by atoms with Gasteiger partial charge in [-0.3, -0.25) is 9.59 Å². The molecule has 1 rings (SSSR count). The van der Waals surface area contributed by atoms with Crippen LogP contribution in [-0.4, -0.2) is 32.0 Å². The number of Topliss-reactive ketones (excluding diaryl/α,β-unsaturated/α-hetero) is 1. The molecule has 0 radical (unpaired) electrons. The van der Waals surface area contributed by atoms with Crippen LogP contribution in [0.1, 0.15) is 12.8 Å². The summed E-state index contributed by atoms with van der Waals surface area (Å²) in [6, 6.07) is 0. The molecule has 1 atom stereocenters. The lowest BCUT2D eigenvalue weighted by Gasteiger charge is -2.04. The lowest BCUT2D eigenvalue weighted by Crippen LogP contribution is -2.20. The highest BCUT2D eigenvalue weighted by molar-refractivity contribution is 5.96. The van der Waals surface area contributed by atoms with Crippen LogP contribution in [0.3, 0.4) is 0 Å². The monoisotopic (exact) mass is 171 g/mol. The summed E-state index contributed by atoms with van der Waals surface area (Å²) in [5, 5.41) is 3.07. The minimum atomic E-state index is -0.438. The predicted octanol–water partition coefficient (Wildman–Crippen LogP) is -0.272. The van der Waals surface area contributed by atoms with Crippen molar-refractivity contribution in [1.82, 2.24) is 5.32 Å². The third-order valence-corrected chi connectivity index (χ3v) is 2.06. The first-order valence-corrected chi connectivity index (χ1v) is 4.04. The number of hydrogen-bond acceptors (Lipinski definition) is 4. The Morgan fingerprint density at radius 2 is 2.33 bits per heavy atom. The van der Waals surface area contributed by atoms with Crippen LogP contribution in [0.15, 0.2) is 0 Å². The molecule has 0 aromatic heterocycles. The van der Waals surface area contributed by atoms with Gasteiger partial charge in [0, 0.05) is 12.5 Å². The minimum absolute atomic E-state index is 0.00755. The van der Waals surface area contributed by atoms with Gasteiger partial charge in [0.05, 0.1) is 7.11 Å². The van der Waals surface area contributed by atoms with Gasteiger partial charge in [-0.05, 0) is 13.0 Å². The van der Waals surface area contributed by atoms with Crippen molar-refractivity contribution >= 4 is 11.8 Å². The molecule has 12 heavy (non-hydrogen) atoms. The van der Waals surface area contributed by atoms with Gasteiger partial charge in [-0.25, -0.2) is 0 Å². The molecule has 1 N–H and O–H groups in total. The molecule has 0 aromatic rings. The van der Waals surface area contributed by atoms with Gasteiger partial charge in [0.1, 0.15) is 12.2 Å². The molecule has 1 fully saturated rings. The second-order valence-corrected chi connectivity index (χ2v) is 2.91. The maximum atomic E-state index is 11.3. The topological polar surface area (TPSA) is 55.4 Å². The maximum Gasteiger partial charge on any atom is 0.313 e. The lowest BCUT2D eigenvalue weighted by molar-refractivity contribution is -0.144. The first kappa shape index (κ1) is 9.19. The number of methoxy groups -OCH3 is 1. The molecule has 1 saturated heterocycles. The normalized spacial score (nSPS) is 22.2. The number of ether oxygens (including phenoxy) is 1. The first-order chi connectivity index (χ1) is 5.74. The third kappa shape index (κ3) is 2.30. The van der Waals surface area contributed by atoms with Crippen LogP contribution in [0.4, 0.5) is 0 Å². The van der Waals surface area contributed by atoms with E-state index < -0.39 is 5.97 Å². The van der Waals surface area contributed by atoms with E-state index in [1.54, 1.807) is 0 Å². The van der Waals surface area contributed by atoms with E-state index in [1.807, 2.05) is 0 Å². The van der Waals surface area contributed by atoms with Crippen molar-refractivity contribution in [3.8, 4) is 0 Å². The fourth-order valence-electron chi connectivity index (χ4n) is 1.29. The van der Waals surface area contributed by atoms with Crippen LogP contribution < -0.4 is 5.32 Å². The van der Waals surface area contributed by atoms with E-state index in [1.165, 1.54) is 7.11 Å². The number of esters is 1. The molecule has 1 aliphatic heterocycles. The number of carbonyl (C=O) groups is 2. The van der Waals surface area contributed by atoms with E-state index in [2.05, 4.69) is 10.1 Å². The summed E-state index contributed by atoms with van der Waals surface area (Å²) in [4.78, 5) is 22.0. The second-order valence-electron chi connectivity index (χ2n) is 2.91. The molecule has 0 bridgehead atoms. The van der Waals surface area contributed by atoms with E-state index in [-0.39, 0.29) is 18.1 Å². The number of ketones is 1. The van der Waals surface area contributed by atoms with Gasteiger partial charge < -0.3 is 10.1 Å². The summed E-state index contributed by atoms with van der Waals surface area (Å²) in [6.07, 6.45) is 0.763. The summed E-state index contributed by atoms with van der Waals surface area (Å²) < 4.78 is 4.40. The second kappa shape index (κ2) is 4.21. The Morgan fingerprint density at radius 1 is 1.58 bits per heavy atom. The summed E-state index contributed by atoms with van der Waals surface area (Å²) in [5.74, 6) is -0.428. The first-order valence-electron chi connectivity index (χ1n) is 4.04. The van der Waals surface area contributed by atoms with Crippen LogP contribution in [0, 0.1) is 5.92 Å². The summed E-state index contributed by atoms with van der Waals surface area (Å²) in [7, 11) is 1.29. The molecule has 4 nitrogen and oxygen atoms in total. The van der Waals surface area contributed by atoms with Gasteiger partial charge in [0.15, 0.2) is 0 Å². The van der Waals surface area contributed by atoms with Crippen molar-refractivity contribution in [2.45, 2.75) is 12.8 Å². The zero-order valence-corrected chi connectivity index (χ0v) is 7.13. The standard InChI is InChI=1S/C8H13NO3/c1-12-8(11)4-7(10)6-2-3-9-5-6/h6,9H,2-5H2,1H3. The van der Waals surface area contributed by atoms with Crippen LogP contribution in [0.5, 0.6) is 0 Å². The Kier molecular flexibility index (Phi) is 3.22. The predicted molar refractivity (Wildman–Crippen MR) is 42.6 cm³/mol. The largest absolute Gasteiger partial charge is 0.469 e. The molecule has 68 valence electrons. The zero-order valence-electron chi connectivity index (χ0n) is 7.13. The summed E-state index contributed by atoms with van der Waals surface area (Å²) >= 11 is 0. The average Bonchev–Trinajstić information content (AvgIpc) is 2.56. The zero-order chi connectivity index (χ0) is 8.97.